The number of nitrogens with zero attached hydrogens (tertiary/aromatic N) is 3. The van der Waals surface area contributed by atoms with Gasteiger partial charge in [-0.25, -0.2) is 8.42 Å². The number of benzene rings is 1. The Hall–Kier alpha value is -1.93. The highest BCUT2D eigenvalue weighted by Crippen LogP contribution is 2.23. The van der Waals surface area contributed by atoms with Crippen LogP contribution >= 0.6 is 12.2 Å². The molecule has 1 N–H and O–H groups in total. The molecule has 1 aromatic carbocycles. The van der Waals surface area contributed by atoms with Crippen LogP contribution in [0.2, 0.25) is 0 Å². The molecule has 0 aliphatic heterocycles. The molecule has 0 saturated carbocycles. The van der Waals surface area contributed by atoms with E-state index in [2.05, 4.69) is 10.1 Å². The summed E-state index contributed by atoms with van der Waals surface area (Å²) in [5, 5.41) is 4.13. The lowest BCUT2D eigenvalue weighted by molar-refractivity contribution is 0.602. The number of para-hydroxylation sites is 1. The molecule has 0 radical (unpaired) electrons. The molecule has 8 heteroatoms. The molecule has 2 aromatic heterocycles. The van der Waals surface area contributed by atoms with Gasteiger partial charge in [-0.3, -0.25) is 4.68 Å². The van der Waals surface area contributed by atoms with Crippen molar-refractivity contribution in [2.24, 2.45) is 7.05 Å². The van der Waals surface area contributed by atoms with Gasteiger partial charge in [0, 0.05) is 19.5 Å². The number of sulfone groups is 1. The number of aromatic amines is 1. The molecule has 0 atom stereocenters. The smallest absolute Gasteiger partial charge is 0.178 e. The topological polar surface area (TPSA) is 72.7 Å². The van der Waals surface area contributed by atoms with E-state index < -0.39 is 9.84 Å². The molecule has 6 nitrogen and oxygen atoms in total. The van der Waals surface area contributed by atoms with E-state index in [0.717, 1.165) is 11.2 Å². The van der Waals surface area contributed by atoms with E-state index >= 15 is 0 Å². The molecule has 0 fully saturated rings. The first-order chi connectivity index (χ1) is 9.88. The van der Waals surface area contributed by atoms with Gasteiger partial charge >= 0.3 is 0 Å². The van der Waals surface area contributed by atoms with Gasteiger partial charge < -0.3 is 9.55 Å². The number of aryl methyl sites for hydroxylation is 1. The molecule has 0 unspecified atom stereocenters. The molecular formula is C13H14N4O2S2. The maximum absolute atomic E-state index is 11.9. The summed E-state index contributed by atoms with van der Waals surface area (Å²) in [5.41, 5.74) is 2.30. The highest BCUT2D eigenvalue weighted by atomic mass is 32.2. The van der Waals surface area contributed by atoms with Crippen LogP contribution in [0.5, 0.6) is 0 Å². The third-order valence-corrected chi connectivity index (χ3v) is 4.88. The molecule has 0 amide bonds. The van der Waals surface area contributed by atoms with Crippen molar-refractivity contribution in [1.29, 1.82) is 0 Å². The highest BCUT2D eigenvalue weighted by Gasteiger charge is 2.16. The third-order valence-electron chi connectivity index (χ3n) is 3.41. The summed E-state index contributed by atoms with van der Waals surface area (Å²) in [6.07, 6.45) is 2.91. The van der Waals surface area contributed by atoms with Gasteiger partial charge in [0.05, 0.1) is 28.2 Å². The SMILES string of the molecule is Cn1nccc1Cn1c(=S)[nH]c2c(S(C)(=O)=O)cccc21. The summed E-state index contributed by atoms with van der Waals surface area (Å²) >= 11 is 5.33. The monoisotopic (exact) mass is 322 g/mol. The van der Waals surface area contributed by atoms with Crippen molar-refractivity contribution < 1.29 is 8.42 Å². The fourth-order valence-corrected chi connectivity index (χ4v) is 3.46. The molecular weight excluding hydrogens is 308 g/mol. The van der Waals surface area contributed by atoms with Crippen LogP contribution in [0.25, 0.3) is 11.0 Å². The molecule has 0 spiro atoms. The number of hydrogen-bond acceptors (Lipinski definition) is 4. The number of H-pyrrole nitrogens is 1. The first-order valence-corrected chi connectivity index (χ1v) is 8.56. The zero-order valence-electron chi connectivity index (χ0n) is 11.6. The van der Waals surface area contributed by atoms with Gasteiger partial charge in [0.2, 0.25) is 0 Å². The van der Waals surface area contributed by atoms with Crippen LogP contribution in [0.15, 0.2) is 35.4 Å². The maximum atomic E-state index is 11.9. The van der Waals surface area contributed by atoms with Crippen molar-refractivity contribution in [3.05, 3.63) is 40.9 Å². The van der Waals surface area contributed by atoms with Crippen molar-refractivity contribution in [1.82, 2.24) is 19.3 Å². The first kappa shape index (κ1) is 14.0. The number of aromatic nitrogens is 4. The number of hydrogen-bond donors (Lipinski definition) is 1. The summed E-state index contributed by atoms with van der Waals surface area (Å²) in [6, 6.07) is 7.06. The van der Waals surface area contributed by atoms with E-state index in [1.54, 1.807) is 23.0 Å². The van der Waals surface area contributed by atoms with Crippen molar-refractivity contribution in [2.45, 2.75) is 11.4 Å². The van der Waals surface area contributed by atoms with Gasteiger partial charge in [0.15, 0.2) is 14.6 Å². The molecule has 0 bridgehead atoms. The standard InChI is InChI=1S/C13H14N4O2S2/c1-16-9(6-7-14-16)8-17-10-4-3-5-11(21(2,18)19)12(10)15-13(17)20/h3-7H,8H2,1-2H3,(H,15,20). The Balaban J connectivity index is 2.24. The summed E-state index contributed by atoms with van der Waals surface area (Å²) in [7, 11) is -1.45. The first-order valence-electron chi connectivity index (χ1n) is 6.26. The predicted molar refractivity (Wildman–Crippen MR) is 82.5 cm³/mol. The normalized spacial score (nSPS) is 12.1. The molecule has 110 valence electrons. The zero-order chi connectivity index (χ0) is 15.2. The van der Waals surface area contributed by atoms with E-state index in [1.165, 1.54) is 6.26 Å². The Morgan fingerprint density at radius 1 is 1.33 bits per heavy atom. The second-order valence-corrected chi connectivity index (χ2v) is 7.26. The van der Waals surface area contributed by atoms with Crippen molar-refractivity contribution in [3.63, 3.8) is 0 Å². The Kier molecular flexibility index (Phi) is 3.22. The predicted octanol–water partition coefficient (Wildman–Crippen LogP) is 1.88. The quantitative estimate of drug-likeness (QED) is 0.747. The summed E-state index contributed by atoms with van der Waals surface area (Å²) in [4.78, 5) is 3.26. The van der Waals surface area contributed by atoms with Crippen molar-refractivity contribution in [2.75, 3.05) is 6.26 Å². The van der Waals surface area contributed by atoms with Crippen LogP contribution in [-0.2, 0) is 23.4 Å². The van der Waals surface area contributed by atoms with E-state index in [4.69, 9.17) is 12.2 Å². The van der Waals surface area contributed by atoms with Crippen LogP contribution in [-0.4, -0.2) is 34.0 Å². The molecule has 0 saturated heterocycles. The van der Waals surface area contributed by atoms with Crippen LogP contribution < -0.4 is 0 Å². The highest BCUT2D eigenvalue weighted by molar-refractivity contribution is 7.91. The van der Waals surface area contributed by atoms with Gasteiger partial charge in [-0.1, -0.05) is 6.07 Å². The fourth-order valence-electron chi connectivity index (χ4n) is 2.34. The lowest BCUT2D eigenvalue weighted by atomic mass is 10.3. The minimum atomic E-state index is -3.31. The summed E-state index contributed by atoms with van der Waals surface area (Å²) < 4.78 is 27.8. The summed E-state index contributed by atoms with van der Waals surface area (Å²) in [5.74, 6) is 0. The number of rotatable bonds is 3. The Morgan fingerprint density at radius 3 is 2.71 bits per heavy atom. The minimum Gasteiger partial charge on any atom is -0.329 e. The Labute approximate surface area is 126 Å². The van der Waals surface area contributed by atoms with E-state index in [9.17, 15) is 8.42 Å². The second-order valence-electron chi connectivity index (χ2n) is 4.88. The van der Waals surface area contributed by atoms with Gasteiger partial charge in [0.25, 0.3) is 0 Å². The fraction of sp³-hybridized carbons (Fsp3) is 0.231. The van der Waals surface area contributed by atoms with Crippen molar-refractivity contribution >= 4 is 33.1 Å². The Morgan fingerprint density at radius 2 is 2.10 bits per heavy atom. The lowest BCUT2D eigenvalue weighted by Gasteiger charge is -2.06. The molecule has 0 aliphatic rings. The molecule has 0 aliphatic carbocycles. The Bertz CT molecular complexity index is 979. The second kappa shape index (κ2) is 4.81. The van der Waals surface area contributed by atoms with E-state index in [-0.39, 0.29) is 4.90 Å². The molecule has 3 rings (SSSR count). The minimum absolute atomic E-state index is 0.259. The van der Waals surface area contributed by atoms with Gasteiger partial charge in [0.1, 0.15) is 0 Å². The van der Waals surface area contributed by atoms with Gasteiger partial charge in [-0.15, -0.1) is 0 Å². The number of nitrogens with one attached hydrogen (secondary N) is 1. The van der Waals surface area contributed by atoms with E-state index in [1.807, 2.05) is 23.7 Å². The third kappa shape index (κ3) is 2.40. The van der Waals surface area contributed by atoms with Crippen LogP contribution in [0, 0.1) is 4.77 Å². The average molecular weight is 322 g/mol. The molecule has 2 heterocycles. The van der Waals surface area contributed by atoms with Gasteiger partial charge in [-0.05, 0) is 30.4 Å². The average Bonchev–Trinajstić information content (AvgIpc) is 2.93. The molecule has 21 heavy (non-hydrogen) atoms. The maximum Gasteiger partial charge on any atom is 0.178 e. The summed E-state index contributed by atoms with van der Waals surface area (Å²) in [6.45, 7) is 0.530. The van der Waals surface area contributed by atoms with Crippen LogP contribution in [0.3, 0.4) is 0 Å². The number of imidazole rings is 1. The largest absolute Gasteiger partial charge is 0.329 e. The van der Waals surface area contributed by atoms with E-state index in [0.29, 0.717) is 16.8 Å². The zero-order valence-corrected chi connectivity index (χ0v) is 13.2. The lowest BCUT2D eigenvalue weighted by Crippen LogP contribution is -2.05. The van der Waals surface area contributed by atoms with Crippen LogP contribution in [0.4, 0.5) is 0 Å². The molecule has 3 aromatic rings. The van der Waals surface area contributed by atoms with Gasteiger partial charge in [-0.2, -0.15) is 5.10 Å². The number of fused-ring (bicyclic) bond motifs is 1. The van der Waals surface area contributed by atoms with Crippen molar-refractivity contribution in [3.8, 4) is 0 Å². The van der Waals surface area contributed by atoms with Crippen LogP contribution in [0.1, 0.15) is 5.69 Å².